The van der Waals surface area contributed by atoms with Gasteiger partial charge in [0.1, 0.15) is 12.1 Å². The molecule has 0 aliphatic carbocycles. The van der Waals surface area contributed by atoms with Crippen LogP contribution in [0.15, 0.2) is 38.3 Å². The fourth-order valence-electron chi connectivity index (χ4n) is 2.07. The normalized spacial score (nSPS) is 15.0. The first-order valence-electron chi connectivity index (χ1n) is 7.00. The van der Waals surface area contributed by atoms with Gasteiger partial charge >= 0.3 is 5.76 Å². The maximum absolute atomic E-state index is 13.5. The van der Waals surface area contributed by atoms with E-state index in [2.05, 4.69) is 36.8 Å². The van der Waals surface area contributed by atoms with Gasteiger partial charge in [0.25, 0.3) is 0 Å². The van der Waals surface area contributed by atoms with E-state index in [9.17, 15) is 17.9 Å². The van der Waals surface area contributed by atoms with Gasteiger partial charge in [-0.25, -0.2) is 29.0 Å². The van der Waals surface area contributed by atoms with Crippen molar-refractivity contribution in [2.75, 3.05) is 13.1 Å². The second-order valence-corrected chi connectivity index (χ2v) is 6.40. The molecule has 1 aromatic heterocycles. The molecule has 0 fully saturated rings. The summed E-state index contributed by atoms with van der Waals surface area (Å²) in [5, 5.41) is 4.99. The zero-order valence-corrected chi connectivity index (χ0v) is 15.2. The summed E-state index contributed by atoms with van der Waals surface area (Å²) in [6.45, 7) is 0.309. The van der Waals surface area contributed by atoms with Gasteiger partial charge in [-0.15, -0.1) is 0 Å². The Morgan fingerprint density at radius 3 is 2.96 bits per heavy atom. The highest BCUT2D eigenvalue weighted by Crippen LogP contribution is 2.23. The highest BCUT2D eigenvalue weighted by molar-refractivity contribution is 9.10. The molecule has 1 aliphatic rings. The minimum Gasteiger partial charge on any atom is -0.760 e. The van der Waals surface area contributed by atoms with E-state index in [-0.39, 0.29) is 29.1 Å². The first-order valence-corrected chi connectivity index (χ1v) is 8.86. The van der Waals surface area contributed by atoms with Crippen LogP contribution in [0.5, 0.6) is 0 Å². The van der Waals surface area contributed by atoms with E-state index in [0.29, 0.717) is 5.69 Å². The van der Waals surface area contributed by atoms with Crippen molar-refractivity contribution in [3.05, 3.63) is 51.1 Å². The molecule has 11 nitrogen and oxygen atoms in total. The zero-order valence-electron chi connectivity index (χ0n) is 12.8. The van der Waals surface area contributed by atoms with Crippen molar-refractivity contribution in [1.82, 2.24) is 30.6 Å². The van der Waals surface area contributed by atoms with Crippen molar-refractivity contribution in [1.29, 1.82) is 0 Å². The smallest absolute Gasteiger partial charge is 0.446 e. The maximum atomic E-state index is 13.5. The van der Waals surface area contributed by atoms with E-state index in [1.54, 1.807) is 0 Å². The zero-order chi connectivity index (χ0) is 18.7. The van der Waals surface area contributed by atoms with E-state index in [1.165, 1.54) is 29.6 Å². The second-order valence-electron chi connectivity index (χ2n) is 4.79. The molecule has 14 heteroatoms. The SMILES string of the molecule is O=c1onc(C2=CONN2NCCNS(=O)[O-])n1-c1ccc(F)c(Br)c1. The average molecular weight is 450 g/mol. The van der Waals surface area contributed by atoms with Crippen LogP contribution in [-0.4, -0.2) is 36.7 Å². The van der Waals surface area contributed by atoms with Gasteiger partial charge in [0.2, 0.25) is 5.82 Å². The van der Waals surface area contributed by atoms with E-state index < -0.39 is 22.8 Å². The standard InChI is InChI=1S/C12H12BrFN6O5S/c13-8-5-7(1-2-9(8)14)19-11(17-25-12(19)21)10-6-24-18-20(10)15-3-4-16-26(22)23/h1-2,5-6,15-16,18H,3-4H2,(H,22,23)/p-1. The van der Waals surface area contributed by atoms with Gasteiger partial charge in [-0.1, -0.05) is 10.7 Å². The third-order valence-corrected chi connectivity index (χ3v) is 4.21. The van der Waals surface area contributed by atoms with E-state index in [0.717, 1.165) is 4.57 Å². The average Bonchev–Trinajstić information content (AvgIpc) is 3.20. The lowest BCUT2D eigenvalue weighted by molar-refractivity contribution is 0.00961. The van der Waals surface area contributed by atoms with E-state index in [1.807, 2.05) is 0 Å². The molecule has 0 spiro atoms. The van der Waals surface area contributed by atoms with Gasteiger partial charge in [0, 0.05) is 24.4 Å². The minimum atomic E-state index is -2.38. The van der Waals surface area contributed by atoms with Crippen molar-refractivity contribution in [3.63, 3.8) is 0 Å². The Bertz CT molecular complexity index is 918. The minimum absolute atomic E-state index is 0.0753. The lowest BCUT2D eigenvalue weighted by Gasteiger charge is -2.20. The number of aromatic nitrogens is 2. The number of rotatable bonds is 7. The molecule has 1 atom stereocenters. The monoisotopic (exact) mass is 449 g/mol. The van der Waals surface area contributed by atoms with Crippen LogP contribution in [0.1, 0.15) is 5.82 Å². The second kappa shape index (κ2) is 8.07. The molecule has 2 heterocycles. The molecule has 3 rings (SSSR count). The lowest BCUT2D eigenvalue weighted by Crippen LogP contribution is -2.45. The highest BCUT2D eigenvalue weighted by atomic mass is 79.9. The summed E-state index contributed by atoms with van der Waals surface area (Å²) in [7, 11) is 0. The molecule has 3 N–H and O–H groups in total. The Morgan fingerprint density at radius 2 is 2.23 bits per heavy atom. The molecule has 140 valence electrons. The van der Waals surface area contributed by atoms with Crippen LogP contribution < -0.4 is 21.5 Å². The number of hydrogen-bond donors (Lipinski definition) is 3. The number of benzene rings is 1. The predicted octanol–water partition coefficient (Wildman–Crippen LogP) is -0.334. The molecule has 26 heavy (non-hydrogen) atoms. The van der Waals surface area contributed by atoms with Crippen LogP contribution in [0.4, 0.5) is 4.39 Å². The number of halogens is 2. The summed E-state index contributed by atoms with van der Waals surface area (Å²) >= 11 is 0.681. The van der Waals surface area contributed by atoms with Gasteiger partial charge in [-0.3, -0.25) is 8.73 Å². The fourth-order valence-corrected chi connectivity index (χ4v) is 2.71. The number of hydrogen-bond acceptors (Lipinski definition) is 9. The molecule has 1 aliphatic heterocycles. The first-order chi connectivity index (χ1) is 12.5. The summed E-state index contributed by atoms with van der Waals surface area (Å²) in [5.74, 6) is -1.20. The molecule has 1 unspecified atom stereocenters. The van der Waals surface area contributed by atoms with Crippen LogP contribution in [0.2, 0.25) is 0 Å². The summed E-state index contributed by atoms with van der Waals surface area (Å²) in [5.41, 5.74) is 5.90. The van der Waals surface area contributed by atoms with Gasteiger partial charge in [0.05, 0.1) is 10.2 Å². The third-order valence-electron chi connectivity index (χ3n) is 3.17. The van der Waals surface area contributed by atoms with Crippen LogP contribution in [0.3, 0.4) is 0 Å². The largest absolute Gasteiger partial charge is 0.760 e. The highest BCUT2D eigenvalue weighted by Gasteiger charge is 2.26. The Hall–Kier alpha value is -2.10. The van der Waals surface area contributed by atoms with Gasteiger partial charge < -0.3 is 9.39 Å². The van der Waals surface area contributed by atoms with Crippen molar-refractivity contribution in [3.8, 4) is 5.69 Å². The number of nitrogens with one attached hydrogen (secondary N) is 3. The molecule has 0 saturated carbocycles. The molecule has 0 saturated heterocycles. The Balaban J connectivity index is 1.84. The van der Waals surface area contributed by atoms with Crippen molar-refractivity contribution in [2.45, 2.75) is 0 Å². The lowest BCUT2D eigenvalue weighted by atomic mass is 10.3. The van der Waals surface area contributed by atoms with Crippen LogP contribution >= 0.6 is 15.9 Å². The number of nitrogens with zero attached hydrogens (tertiary/aromatic N) is 3. The fraction of sp³-hybridized carbons (Fsp3) is 0.167. The van der Waals surface area contributed by atoms with Crippen LogP contribution in [0.25, 0.3) is 11.4 Å². The first kappa shape index (κ1) is 18.7. The summed E-state index contributed by atoms with van der Waals surface area (Å²) < 4.78 is 42.5. The molecular weight excluding hydrogens is 439 g/mol. The maximum Gasteiger partial charge on any atom is 0.446 e. The van der Waals surface area contributed by atoms with Gasteiger partial charge in [-0.2, -0.15) is 0 Å². The van der Waals surface area contributed by atoms with E-state index >= 15 is 0 Å². The molecule has 0 amide bonds. The molecule has 0 bridgehead atoms. The van der Waals surface area contributed by atoms with Crippen molar-refractivity contribution >= 4 is 32.9 Å². The molecule has 1 aromatic carbocycles. The van der Waals surface area contributed by atoms with E-state index in [4.69, 9.17) is 9.36 Å². The van der Waals surface area contributed by atoms with Crippen LogP contribution in [0, 0.1) is 5.82 Å². The quantitative estimate of drug-likeness (QED) is 0.383. The summed E-state index contributed by atoms with van der Waals surface area (Å²) in [6.07, 6.45) is 1.26. The predicted molar refractivity (Wildman–Crippen MR) is 88.7 cm³/mol. The number of hydrazine groups is 2. The summed E-state index contributed by atoms with van der Waals surface area (Å²) in [6, 6.07) is 3.97. The summed E-state index contributed by atoms with van der Waals surface area (Å²) in [4.78, 5) is 17.0. The Kier molecular flexibility index (Phi) is 5.80. The molecule has 2 aromatic rings. The van der Waals surface area contributed by atoms with Crippen molar-refractivity contribution in [2.24, 2.45) is 0 Å². The Morgan fingerprint density at radius 1 is 1.42 bits per heavy atom. The third kappa shape index (κ3) is 4.00. The van der Waals surface area contributed by atoms with Crippen molar-refractivity contribution < 1.29 is 22.5 Å². The Labute approximate surface area is 156 Å². The van der Waals surface area contributed by atoms with Crippen LogP contribution in [-0.2, 0) is 16.1 Å². The topological polar surface area (TPSA) is 137 Å². The molecule has 0 radical (unpaired) electrons. The van der Waals surface area contributed by atoms with Gasteiger partial charge in [0.15, 0.2) is 5.70 Å². The molecular formula is C12H11BrFN6O5S-. The van der Waals surface area contributed by atoms with Gasteiger partial charge in [-0.05, 0) is 34.1 Å².